The number of nitrogens with one attached hydrogen (secondary N) is 2. The molecule has 0 bridgehead atoms. The standard InChI is InChI=1S/C20H25N7O2.C5H12.2C2H6/c1-13-23-18(10-11-19(28)29)27(25-13)12-14-6-8-15(9-7-14)16-4-2-3-5-17(16)20(21)24-26-22;1-3-5-4-2;2*1-2/h2-9,20,24,26H,10-12,21-22H2,1H3,(H,28,29);3-5H2,1-2H3;2*1-2H3. The number of nitrogens with two attached hydrogens (primary N) is 2. The summed E-state index contributed by atoms with van der Waals surface area (Å²) in [5, 5.41) is 13.3. The molecule has 0 fully saturated rings. The Morgan fingerprint density at radius 2 is 1.63 bits per heavy atom. The second-order valence-electron chi connectivity index (χ2n) is 8.03. The fourth-order valence-electron chi connectivity index (χ4n) is 3.54. The molecule has 0 aliphatic rings. The molecule has 0 radical (unpaired) electrons. The quantitative estimate of drug-likeness (QED) is 0.125. The summed E-state index contributed by atoms with van der Waals surface area (Å²) < 4.78 is 1.76. The Morgan fingerprint density at radius 1 is 1.03 bits per heavy atom. The summed E-state index contributed by atoms with van der Waals surface area (Å²) in [7, 11) is 0. The highest BCUT2D eigenvalue weighted by Gasteiger charge is 2.13. The number of unbranched alkanes of at least 4 members (excludes halogenated alkanes) is 2. The monoisotopic (exact) mass is 527 g/mol. The lowest BCUT2D eigenvalue weighted by molar-refractivity contribution is -0.137. The lowest BCUT2D eigenvalue weighted by Crippen LogP contribution is -2.44. The minimum atomic E-state index is -0.849. The van der Waals surface area contributed by atoms with Gasteiger partial charge in [0.05, 0.1) is 19.1 Å². The molecule has 2 aromatic carbocycles. The Morgan fingerprint density at radius 3 is 2.16 bits per heavy atom. The van der Waals surface area contributed by atoms with E-state index in [2.05, 4.69) is 34.9 Å². The van der Waals surface area contributed by atoms with Gasteiger partial charge in [0.2, 0.25) is 0 Å². The van der Waals surface area contributed by atoms with E-state index in [1.807, 2.05) is 76.2 Å². The van der Waals surface area contributed by atoms with Crippen LogP contribution in [0, 0.1) is 6.92 Å². The maximum absolute atomic E-state index is 10.9. The maximum atomic E-state index is 10.9. The summed E-state index contributed by atoms with van der Waals surface area (Å²) in [5.41, 5.74) is 15.3. The van der Waals surface area contributed by atoms with Crippen molar-refractivity contribution in [2.75, 3.05) is 0 Å². The fraction of sp³-hybridized carbons (Fsp3) is 0.483. The molecule has 0 saturated carbocycles. The predicted octanol–water partition coefficient (Wildman–Crippen LogP) is 5.49. The molecular formula is C29H49N7O2. The van der Waals surface area contributed by atoms with E-state index in [-0.39, 0.29) is 6.42 Å². The third kappa shape index (κ3) is 12.4. The van der Waals surface area contributed by atoms with Gasteiger partial charge in [-0.05, 0) is 29.2 Å². The van der Waals surface area contributed by atoms with E-state index in [1.165, 1.54) is 19.3 Å². The average Bonchev–Trinajstić information content (AvgIpc) is 3.29. The van der Waals surface area contributed by atoms with Crippen LogP contribution in [0.3, 0.4) is 0 Å². The van der Waals surface area contributed by atoms with Gasteiger partial charge < -0.3 is 10.8 Å². The number of carboxylic acid groups (broad SMARTS) is 1. The van der Waals surface area contributed by atoms with Crippen molar-refractivity contribution in [3.05, 3.63) is 71.3 Å². The molecule has 0 spiro atoms. The van der Waals surface area contributed by atoms with Crippen LogP contribution in [0.5, 0.6) is 0 Å². The normalized spacial score (nSPS) is 10.7. The van der Waals surface area contributed by atoms with Crippen molar-refractivity contribution in [3.63, 3.8) is 0 Å². The first-order valence-corrected chi connectivity index (χ1v) is 13.7. The highest BCUT2D eigenvalue weighted by molar-refractivity contribution is 5.68. The van der Waals surface area contributed by atoms with Crippen molar-refractivity contribution in [3.8, 4) is 11.1 Å². The number of carboxylic acids is 1. The highest BCUT2D eigenvalue weighted by Crippen LogP contribution is 2.27. The zero-order valence-corrected chi connectivity index (χ0v) is 24.3. The molecule has 1 atom stereocenters. The van der Waals surface area contributed by atoms with Gasteiger partial charge in [-0.3, -0.25) is 10.6 Å². The number of hydrazine groups is 2. The molecule has 1 heterocycles. The van der Waals surface area contributed by atoms with E-state index in [0.717, 1.165) is 22.3 Å². The predicted molar refractivity (Wildman–Crippen MR) is 157 cm³/mol. The molecule has 1 unspecified atom stereocenters. The molecular weight excluding hydrogens is 478 g/mol. The maximum Gasteiger partial charge on any atom is 0.303 e. The van der Waals surface area contributed by atoms with Crippen LogP contribution >= 0.6 is 0 Å². The molecule has 1 aromatic heterocycles. The van der Waals surface area contributed by atoms with E-state index in [9.17, 15) is 4.79 Å². The number of carbonyl (C=O) groups is 1. The van der Waals surface area contributed by atoms with Gasteiger partial charge in [-0.2, -0.15) is 10.6 Å². The summed E-state index contributed by atoms with van der Waals surface area (Å²) in [4.78, 5) is 15.2. The van der Waals surface area contributed by atoms with Gasteiger partial charge in [0.1, 0.15) is 11.6 Å². The Labute approximate surface area is 229 Å². The Bertz CT molecular complexity index is 1020. The van der Waals surface area contributed by atoms with Gasteiger partial charge in [0.25, 0.3) is 0 Å². The van der Waals surface area contributed by atoms with Crippen LogP contribution in [0.15, 0.2) is 48.5 Å². The smallest absolute Gasteiger partial charge is 0.303 e. The van der Waals surface area contributed by atoms with Crippen LogP contribution in [0.4, 0.5) is 0 Å². The number of aromatic nitrogens is 3. The minimum absolute atomic E-state index is 0.0276. The molecule has 0 aliphatic carbocycles. The minimum Gasteiger partial charge on any atom is -0.481 e. The first-order chi connectivity index (χ1) is 18.4. The molecule has 7 N–H and O–H groups in total. The second-order valence-corrected chi connectivity index (χ2v) is 8.03. The number of hydrogen-bond acceptors (Lipinski definition) is 7. The van der Waals surface area contributed by atoms with Crippen LogP contribution in [0.25, 0.3) is 11.1 Å². The molecule has 3 rings (SSSR count). The molecule has 9 nitrogen and oxygen atoms in total. The summed E-state index contributed by atoms with van der Waals surface area (Å²) >= 11 is 0. The molecule has 3 aromatic rings. The Hall–Kier alpha value is -3.11. The van der Waals surface area contributed by atoms with Crippen molar-refractivity contribution in [2.24, 2.45) is 11.6 Å². The van der Waals surface area contributed by atoms with Gasteiger partial charge in [-0.25, -0.2) is 15.1 Å². The number of aryl methyl sites for hydroxylation is 2. The summed E-state index contributed by atoms with van der Waals surface area (Å²) in [5.74, 6) is 5.77. The van der Waals surface area contributed by atoms with E-state index in [4.69, 9.17) is 16.7 Å². The summed E-state index contributed by atoms with van der Waals surface area (Å²) in [6, 6.07) is 15.9. The number of rotatable bonds is 11. The Balaban J connectivity index is 0.00000134. The molecule has 38 heavy (non-hydrogen) atoms. The van der Waals surface area contributed by atoms with E-state index in [0.29, 0.717) is 24.6 Å². The van der Waals surface area contributed by atoms with Crippen LogP contribution in [-0.4, -0.2) is 25.8 Å². The third-order valence-corrected chi connectivity index (χ3v) is 5.26. The first kappa shape index (κ1) is 34.9. The number of aliphatic carboxylic acids is 1. The fourth-order valence-corrected chi connectivity index (χ4v) is 3.54. The van der Waals surface area contributed by atoms with Crippen molar-refractivity contribution >= 4 is 5.97 Å². The Kier molecular flexibility index (Phi) is 19.2. The van der Waals surface area contributed by atoms with Crippen LogP contribution < -0.4 is 22.5 Å². The first-order valence-electron chi connectivity index (χ1n) is 13.7. The highest BCUT2D eigenvalue weighted by atomic mass is 16.4. The van der Waals surface area contributed by atoms with Gasteiger partial charge in [-0.1, -0.05) is 109 Å². The number of nitrogens with zero attached hydrogens (tertiary/aromatic N) is 3. The lowest BCUT2D eigenvalue weighted by Gasteiger charge is -2.17. The van der Waals surface area contributed by atoms with E-state index < -0.39 is 12.1 Å². The molecule has 0 amide bonds. The average molecular weight is 528 g/mol. The van der Waals surface area contributed by atoms with E-state index in [1.54, 1.807) is 11.6 Å². The van der Waals surface area contributed by atoms with Crippen LogP contribution in [-0.2, 0) is 17.8 Å². The molecule has 212 valence electrons. The molecule has 0 aliphatic heterocycles. The molecule has 9 heteroatoms. The van der Waals surface area contributed by atoms with Crippen LogP contribution in [0.1, 0.15) is 96.2 Å². The zero-order chi connectivity index (χ0) is 28.9. The second kappa shape index (κ2) is 20.9. The van der Waals surface area contributed by atoms with Gasteiger partial charge >= 0.3 is 5.97 Å². The number of hydrogen-bond donors (Lipinski definition) is 5. The van der Waals surface area contributed by atoms with Crippen LogP contribution in [0.2, 0.25) is 0 Å². The topological polar surface area (TPSA) is 144 Å². The van der Waals surface area contributed by atoms with Gasteiger partial charge in [0.15, 0.2) is 0 Å². The van der Waals surface area contributed by atoms with Gasteiger partial charge in [0, 0.05) is 6.42 Å². The number of benzene rings is 2. The van der Waals surface area contributed by atoms with Crippen molar-refractivity contribution in [2.45, 2.75) is 93.3 Å². The summed E-state index contributed by atoms with van der Waals surface area (Å²) in [6.45, 7) is 14.7. The lowest BCUT2D eigenvalue weighted by atomic mass is 9.97. The largest absolute Gasteiger partial charge is 0.481 e. The van der Waals surface area contributed by atoms with Crippen molar-refractivity contribution < 1.29 is 9.90 Å². The van der Waals surface area contributed by atoms with Crippen molar-refractivity contribution in [1.29, 1.82) is 0 Å². The zero-order valence-electron chi connectivity index (χ0n) is 24.3. The van der Waals surface area contributed by atoms with Gasteiger partial charge in [-0.15, -0.1) is 0 Å². The third-order valence-electron chi connectivity index (χ3n) is 5.26. The molecule has 0 saturated heterocycles. The van der Waals surface area contributed by atoms with E-state index >= 15 is 0 Å². The van der Waals surface area contributed by atoms with Crippen molar-refractivity contribution in [1.82, 2.24) is 25.7 Å². The SMILES string of the molecule is CC.CC.CCCCC.Cc1nc(CCC(=O)O)n(Cc2ccc(-c3ccccc3C(N)NNN)cc2)n1. The summed E-state index contributed by atoms with van der Waals surface area (Å²) in [6.07, 6.45) is 4.00.